The Kier molecular flexibility index (Phi) is 7.93. The summed E-state index contributed by atoms with van der Waals surface area (Å²) in [6, 6.07) is 8.06. The third-order valence-corrected chi connectivity index (χ3v) is 6.62. The molecule has 4 rings (SSSR count). The number of carbonyl (C=O) groups excluding carboxylic acids is 1. The van der Waals surface area contributed by atoms with Crippen LogP contribution in [-0.2, 0) is 24.2 Å². The van der Waals surface area contributed by atoms with Crippen LogP contribution in [0.2, 0.25) is 0 Å². The van der Waals surface area contributed by atoms with Gasteiger partial charge in [0.25, 0.3) is 0 Å². The van der Waals surface area contributed by atoms with Gasteiger partial charge in [0.2, 0.25) is 5.91 Å². The van der Waals surface area contributed by atoms with Crippen LogP contribution in [0.25, 0.3) is 6.08 Å². The lowest BCUT2D eigenvalue weighted by Gasteiger charge is -2.20. The smallest absolute Gasteiger partial charge is 0.223 e. The highest BCUT2D eigenvalue weighted by Crippen LogP contribution is 2.23. The number of ether oxygens (including phenoxy) is 1. The van der Waals surface area contributed by atoms with Crippen LogP contribution in [0.4, 0.5) is 0 Å². The first-order valence-electron chi connectivity index (χ1n) is 11.9. The average molecular weight is 438 g/mol. The van der Waals surface area contributed by atoms with Gasteiger partial charge in [-0.2, -0.15) is 0 Å². The minimum Gasteiger partial charge on any atom is -0.496 e. The minimum absolute atomic E-state index is 0.205. The van der Waals surface area contributed by atoms with Crippen molar-refractivity contribution in [2.45, 2.75) is 51.5 Å². The predicted molar refractivity (Wildman–Crippen MR) is 125 cm³/mol. The number of fused-ring (bicyclic) bond motifs is 1. The first-order chi connectivity index (χ1) is 15.7. The highest BCUT2D eigenvalue weighted by Gasteiger charge is 2.21. The fraction of sp³-hybridized carbons (Fsp3) is 0.560. The van der Waals surface area contributed by atoms with Crippen molar-refractivity contribution in [1.29, 1.82) is 0 Å². The van der Waals surface area contributed by atoms with Crippen LogP contribution in [0, 0.1) is 5.92 Å². The van der Waals surface area contributed by atoms with Crippen molar-refractivity contribution in [2.24, 2.45) is 5.92 Å². The monoisotopic (exact) mass is 437 g/mol. The van der Waals surface area contributed by atoms with Gasteiger partial charge in [0, 0.05) is 57.0 Å². The molecule has 172 valence electrons. The number of amides is 1. The van der Waals surface area contributed by atoms with Gasteiger partial charge in [0.15, 0.2) is 0 Å². The van der Waals surface area contributed by atoms with Gasteiger partial charge in [-0.3, -0.25) is 9.69 Å². The summed E-state index contributed by atoms with van der Waals surface area (Å²) in [5.74, 6) is 3.35. The fourth-order valence-corrected chi connectivity index (χ4v) is 4.73. The van der Waals surface area contributed by atoms with E-state index >= 15 is 0 Å². The van der Waals surface area contributed by atoms with Crippen LogP contribution in [0.1, 0.15) is 49.3 Å². The minimum atomic E-state index is 0.205. The molecule has 0 spiro atoms. The van der Waals surface area contributed by atoms with E-state index in [1.54, 1.807) is 7.11 Å². The molecule has 2 aliphatic rings. The number of methoxy groups -OCH3 is 1. The van der Waals surface area contributed by atoms with Crippen LogP contribution in [0.15, 0.2) is 30.3 Å². The molecule has 0 atom stereocenters. The van der Waals surface area contributed by atoms with E-state index in [1.807, 2.05) is 18.2 Å². The van der Waals surface area contributed by atoms with Crippen molar-refractivity contribution in [3.63, 3.8) is 0 Å². The van der Waals surface area contributed by atoms with Crippen LogP contribution in [0.3, 0.4) is 0 Å². The van der Waals surface area contributed by atoms with Gasteiger partial charge in [0.1, 0.15) is 17.4 Å². The summed E-state index contributed by atoms with van der Waals surface area (Å²) in [4.78, 5) is 14.8. The highest BCUT2D eigenvalue weighted by molar-refractivity contribution is 5.78. The van der Waals surface area contributed by atoms with Crippen molar-refractivity contribution in [1.82, 2.24) is 25.0 Å². The van der Waals surface area contributed by atoms with E-state index in [2.05, 4.69) is 43.2 Å². The maximum Gasteiger partial charge on any atom is 0.223 e. The Bertz CT molecular complexity index is 917. The van der Waals surface area contributed by atoms with E-state index in [0.717, 1.165) is 74.8 Å². The largest absolute Gasteiger partial charge is 0.496 e. The van der Waals surface area contributed by atoms with Crippen LogP contribution < -0.4 is 10.1 Å². The molecule has 0 unspecified atom stereocenters. The molecule has 0 saturated heterocycles. The van der Waals surface area contributed by atoms with Crippen LogP contribution >= 0.6 is 0 Å². The number of carbonyl (C=O) groups is 1. The molecular formula is C25H35N5O2. The van der Waals surface area contributed by atoms with Gasteiger partial charge in [-0.15, -0.1) is 10.2 Å². The Morgan fingerprint density at radius 3 is 2.84 bits per heavy atom. The number of hydrogen-bond donors (Lipinski definition) is 1. The maximum atomic E-state index is 12.4. The summed E-state index contributed by atoms with van der Waals surface area (Å²) in [7, 11) is 1.70. The third-order valence-electron chi connectivity index (χ3n) is 6.62. The zero-order valence-corrected chi connectivity index (χ0v) is 19.1. The summed E-state index contributed by atoms with van der Waals surface area (Å²) in [5, 5.41) is 12.0. The van der Waals surface area contributed by atoms with E-state index in [0.29, 0.717) is 6.54 Å². The molecule has 0 bridgehead atoms. The zero-order chi connectivity index (χ0) is 22.2. The molecule has 0 radical (unpaired) electrons. The maximum absolute atomic E-state index is 12.4. The van der Waals surface area contributed by atoms with E-state index in [-0.39, 0.29) is 11.8 Å². The molecule has 1 aliphatic carbocycles. The summed E-state index contributed by atoms with van der Waals surface area (Å²) in [6.07, 6.45) is 11.7. The predicted octanol–water partition coefficient (Wildman–Crippen LogP) is 3.10. The Morgan fingerprint density at radius 2 is 2.00 bits per heavy atom. The van der Waals surface area contributed by atoms with Crippen molar-refractivity contribution in [3.05, 3.63) is 47.6 Å². The van der Waals surface area contributed by atoms with Gasteiger partial charge >= 0.3 is 0 Å². The van der Waals surface area contributed by atoms with Gasteiger partial charge in [-0.05, 0) is 18.9 Å². The standard InChI is InChI=1S/C25H35N5O2/c1-32-22-12-6-5-8-20(22)11-7-16-29-17-14-24-28-27-23(30(24)19-18-29)13-15-26-25(31)21-9-3-2-4-10-21/h5-8,11-12,21H,2-4,9-10,13-19H2,1H3,(H,26,31)/b11-7+. The summed E-state index contributed by atoms with van der Waals surface area (Å²) >= 11 is 0. The van der Waals surface area contributed by atoms with Crippen LogP contribution in [0.5, 0.6) is 5.75 Å². The van der Waals surface area contributed by atoms with Gasteiger partial charge in [-0.1, -0.05) is 49.6 Å². The lowest BCUT2D eigenvalue weighted by atomic mass is 9.89. The number of hydrogen-bond acceptors (Lipinski definition) is 5. The molecule has 7 nitrogen and oxygen atoms in total. The Balaban J connectivity index is 1.25. The van der Waals surface area contributed by atoms with Crippen molar-refractivity contribution in [2.75, 3.05) is 33.3 Å². The summed E-state index contributed by atoms with van der Waals surface area (Å²) < 4.78 is 7.67. The third kappa shape index (κ3) is 5.76. The van der Waals surface area contributed by atoms with Crippen molar-refractivity contribution < 1.29 is 9.53 Å². The first kappa shape index (κ1) is 22.5. The number of rotatable bonds is 8. The Hall–Kier alpha value is -2.67. The molecule has 1 amide bonds. The van der Waals surface area contributed by atoms with Crippen molar-refractivity contribution in [3.8, 4) is 5.75 Å². The highest BCUT2D eigenvalue weighted by atomic mass is 16.5. The molecule has 1 saturated carbocycles. The van der Waals surface area contributed by atoms with E-state index in [1.165, 1.54) is 19.3 Å². The molecule has 32 heavy (non-hydrogen) atoms. The molecule has 1 aromatic heterocycles. The Morgan fingerprint density at radius 1 is 1.16 bits per heavy atom. The quantitative estimate of drug-likeness (QED) is 0.687. The van der Waals surface area contributed by atoms with Crippen molar-refractivity contribution >= 4 is 12.0 Å². The normalized spacial score (nSPS) is 17.8. The van der Waals surface area contributed by atoms with E-state index in [9.17, 15) is 4.79 Å². The number of nitrogens with one attached hydrogen (secondary N) is 1. The topological polar surface area (TPSA) is 72.3 Å². The number of nitrogens with zero attached hydrogens (tertiary/aromatic N) is 4. The lowest BCUT2D eigenvalue weighted by molar-refractivity contribution is -0.125. The molecule has 1 N–H and O–H groups in total. The fourth-order valence-electron chi connectivity index (χ4n) is 4.73. The molecule has 1 aromatic carbocycles. The molecule has 1 aliphatic heterocycles. The average Bonchev–Trinajstić information content (AvgIpc) is 3.10. The molecule has 2 aromatic rings. The molecule has 7 heteroatoms. The lowest BCUT2D eigenvalue weighted by Crippen LogP contribution is -2.33. The van der Waals surface area contributed by atoms with E-state index < -0.39 is 0 Å². The number of para-hydroxylation sites is 1. The van der Waals surface area contributed by atoms with E-state index in [4.69, 9.17) is 4.74 Å². The molecule has 2 heterocycles. The second kappa shape index (κ2) is 11.3. The van der Waals surface area contributed by atoms with Gasteiger partial charge < -0.3 is 14.6 Å². The van der Waals surface area contributed by atoms with Gasteiger partial charge in [-0.25, -0.2) is 0 Å². The second-order valence-electron chi connectivity index (χ2n) is 8.75. The van der Waals surface area contributed by atoms with Gasteiger partial charge in [0.05, 0.1) is 7.11 Å². The first-order valence-corrected chi connectivity index (χ1v) is 11.9. The SMILES string of the molecule is COc1ccccc1/C=C/CN1CCc2nnc(CCNC(=O)C3CCCCC3)n2CC1. The zero-order valence-electron chi connectivity index (χ0n) is 19.1. The summed E-state index contributed by atoms with van der Waals surface area (Å²) in [5.41, 5.74) is 1.10. The summed E-state index contributed by atoms with van der Waals surface area (Å²) in [6.45, 7) is 4.34. The number of benzene rings is 1. The second-order valence-corrected chi connectivity index (χ2v) is 8.75. The molecule has 1 fully saturated rings. The molecular weight excluding hydrogens is 402 g/mol. The number of aromatic nitrogens is 3. The Labute approximate surface area is 190 Å². The van der Waals surface area contributed by atoms with Crippen LogP contribution in [-0.4, -0.2) is 58.9 Å².